The second-order valence-electron chi connectivity index (χ2n) is 3.11. The Labute approximate surface area is 98.5 Å². The molecule has 0 fully saturated rings. The molecule has 0 saturated heterocycles. The Hall–Kier alpha value is -1.42. The molecule has 0 spiro atoms. The van der Waals surface area contributed by atoms with Gasteiger partial charge >= 0.3 is 0 Å². The third-order valence-electron chi connectivity index (χ3n) is 1.94. The van der Waals surface area contributed by atoms with Crippen LogP contribution in [0.5, 0.6) is 0 Å². The fraction of sp³-hybridized carbons (Fsp3) is 0.375. The molecule has 8 nitrogen and oxygen atoms in total. The van der Waals surface area contributed by atoms with Gasteiger partial charge in [0.05, 0.1) is 6.61 Å². The van der Waals surface area contributed by atoms with Gasteiger partial charge in [-0.3, -0.25) is 10.2 Å². The molecule has 1 amide bonds. The minimum absolute atomic E-state index is 0.0350. The Morgan fingerprint density at radius 1 is 1.59 bits per heavy atom. The van der Waals surface area contributed by atoms with E-state index in [-0.39, 0.29) is 23.7 Å². The van der Waals surface area contributed by atoms with E-state index in [1.165, 1.54) is 19.4 Å². The number of hydrazine groups is 1. The van der Waals surface area contributed by atoms with E-state index in [1.807, 2.05) is 5.43 Å². The minimum atomic E-state index is -3.64. The van der Waals surface area contributed by atoms with Crippen molar-refractivity contribution in [3.8, 4) is 0 Å². The summed E-state index contributed by atoms with van der Waals surface area (Å²) in [5.41, 5.74) is 1.96. The molecule has 0 saturated carbocycles. The van der Waals surface area contributed by atoms with Crippen LogP contribution in [0.4, 0.5) is 0 Å². The largest absolute Gasteiger partial charge is 0.383 e. The van der Waals surface area contributed by atoms with Crippen molar-refractivity contribution < 1.29 is 17.9 Å². The number of nitrogen functional groups attached to an aromatic ring is 1. The van der Waals surface area contributed by atoms with Gasteiger partial charge in [0.15, 0.2) is 0 Å². The van der Waals surface area contributed by atoms with Gasteiger partial charge < -0.3 is 9.72 Å². The molecule has 1 heterocycles. The van der Waals surface area contributed by atoms with Crippen molar-refractivity contribution in [1.29, 1.82) is 0 Å². The lowest BCUT2D eigenvalue weighted by atomic mass is 10.4. The summed E-state index contributed by atoms with van der Waals surface area (Å²) in [5, 5.41) is 0. The molecule has 9 heteroatoms. The first kappa shape index (κ1) is 13.6. The van der Waals surface area contributed by atoms with Crippen LogP contribution in [0, 0.1) is 0 Å². The maximum absolute atomic E-state index is 11.7. The van der Waals surface area contributed by atoms with E-state index in [4.69, 9.17) is 10.6 Å². The zero-order valence-electron chi connectivity index (χ0n) is 9.19. The van der Waals surface area contributed by atoms with E-state index < -0.39 is 15.9 Å². The highest BCUT2D eigenvalue weighted by Crippen LogP contribution is 2.09. The second kappa shape index (κ2) is 5.77. The number of aromatic nitrogens is 1. The van der Waals surface area contributed by atoms with Gasteiger partial charge in [-0.05, 0) is 6.07 Å². The standard InChI is InChI=1S/C8H14N4O4S/c1-16-3-2-11-17(14,15)6-4-7(10-5-6)8(13)12-9/h4-5,10-11H,2-3,9H2,1H3,(H,12,13). The Balaban J connectivity index is 2.78. The lowest BCUT2D eigenvalue weighted by molar-refractivity contribution is 0.0949. The number of amides is 1. The van der Waals surface area contributed by atoms with Crippen molar-refractivity contribution in [3.63, 3.8) is 0 Å². The lowest BCUT2D eigenvalue weighted by Crippen LogP contribution is -2.30. The molecular formula is C8H14N4O4S. The van der Waals surface area contributed by atoms with E-state index in [1.54, 1.807) is 0 Å². The summed E-state index contributed by atoms with van der Waals surface area (Å²) in [6, 6.07) is 1.19. The van der Waals surface area contributed by atoms with Crippen molar-refractivity contribution in [3.05, 3.63) is 18.0 Å². The summed E-state index contributed by atoms with van der Waals surface area (Å²) in [6.45, 7) is 0.419. The molecule has 1 aromatic heterocycles. The van der Waals surface area contributed by atoms with Gasteiger partial charge in [0.1, 0.15) is 10.6 Å². The number of methoxy groups -OCH3 is 1. The first-order valence-electron chi connectivity index (χ1n) is 4.69. The smallest absolute Gasteiger partial charge is 0.281 e. The highest BCUT2D eigenvalue weighted by atomic mass is 32.2. The second-order valence-corrected chi connectivity index (χ2v) is 4.88. The average Bonchev–Trinajstić information content (AvgIpc) is 2.78. The van der Waals surface area contributed by atoms with Gasteiger partial charge in [0.2, 0.25) is 10.0 Å². The monoisotopic (exact) mass is 262 g/mol. The van der Waals surface area contributed by atoms with E-state index >= 15 is 0 Å². The lowest BCUT2D eigenvalue weighted by Gasteiger charge is -2.03. The van der Waals surface area contributed by atoms with Gasteiger partial charge in [-0.2, -0.15) is 0 Å². The van der Waals surface area contributed by atoms with E-state index in [0.717, 1.165) is 0 Å². The van der Waals surface area contributed by atoms with Crippen LogP contribution in [0.2, 0.25) is 0 Å². The molecule has 0 aliphatic heterocycles. The maximum atomic E-state index is 11.7. The summed E-state index contributed by atoms with van der Waals surface area (Å²) >= 11 is 0. The van der Waals surface area contributed by atoms with E-state index in [9.17, 15) is 13.2 Å². The van der Waals surface area contributed by atoms with Crippen molar-refractivity contribution in [2.24, 2.45) is 5.84 Å². The molecular weight excluding hydrogens is 248 g/mol. The quantitative estimate of drug-likeness (QED) is 0.216. The Kier molecular flexibility index (Phi) is 4.63. The number of carbonyl (C=O) groups is 1. The molecule has 1 aromatic rings. The van der Waals surface area contributed by atoms with Crippen LogP contribution < -0.4 is 16.0 Å². The number of ether oxygens (including phenoxy) is 1. The van der Waals surface area contributed by atoms with Crippen LogP contribution in [0.3, 0.4) is 0 Å². The number of hydrogen-bond acceptors (Lipinski definition) is 5. The third kappa shape index (κ3) is 3.53. The van der Waals surface area contributed by atoms with Gasteiger partial charge in [-0.15, -0.1) is 0 Å². The van der Waals surface area contributed by atoms with Gasteiger partial charge in [-0.25, -0.2) is 19.0 Å². The molecule has 0 aliphatic carbocycles. The molecule has 0 radical (unpaired) electrons. The number of H-pyrrole nitrogens is 1. The Bertz CT molecular complexity index is 481. The van der Waals surface area contributed by atoms with Crippen molar-refractivity contribution in [2.45, 2.75) is 4.90 Å². The topological polar surface area (TPSA) is 126 Å². The number of nitrogens with two attached hydrogens (primary N) is 1. The summed E-state index contributed by atoms with van der Waals surface area (Å²) in [4.78, 5) is 13.6. The predicted octanol–water partition coefficient (Wildman–Crippen LogP) is -1.46. The predicted molar refractivity (Wildman–Crippen MR) is 59.5 cm³/mol. The van der Waals surface area contributed by atoms with Gasteiger partial charge in [-0.1, -0.05) is 0 Å². The van der Waals surface area contributed by atoms with Crippen LogP contribution >= 0.6 is 0 Å². The molecule has 17 heavy (non-hydrogen) atoms. The number of rotatable bonds is 6. The van der Waals surface area contributed by atoms with Crippen LogP contribution in [0.15, 0.2) is 17.2 Å². The number of nitrogens with one attached hydrogen (secondary N) is 3. The summed E-state index contributed by atoms with van der Waals surface area (Å²) in [7, 11) is -2.17. The normalized spacial score (nSPS) is 11.4. The van der Waals surface area contributed by atoms with E-state index in [2.05, 4.69) is 9.71 Å². The van der Waals surface area contributed by atoms with Crippen LogP contribution in [-0.4, -0.2) is 39.6 Å². The van der Waals surface area contributed by atoms with Crippen molar-refractivity contribution in [1.82, 2.24) is 15.1 Å². The summed E-state index contributed by atoms with van der Waals surface area (Å²) in [5.74, 6) is 4.33. The number of sulfonamides is 1. The maximum Gasteiger partial charge on any atom is 0.281 e. The number of aromatic amines is 1. The number of carbonyl (C=O) groups excluding carboxylic acids is 1. The zero-order chi connectivity index (χ0) is 12.9. The fourth-order valence-corrected chi connectivity index (χ4v) is 2.11. The van der Waals surface area contributed by atoms with E-state index in [0.29, 0.717) is 0 Å². The van der Waals surface area contributed by atoms with Crippen LogP contribution in [0.1, 0.15) is 10.5 Å². The molecule has 0 unspecified atom stereocenters. The minimum Gasteiger partial charge on any atom is -0.383 e. The molecule has 1 rings (SSSR count). The first-order chi connectivity index (χ1) is 8.01. The van der Waals surface area contributed by atoms with Crippen molar-refractivity contribution >= 4 is 15.9 Å². The van der Waals surface area contributed by atoms with Gasteiger partial charge in [0.25, 0.3) is 5.91 Å². The van der Waals surface area contributed by atoms with Crippen LogP contribution in [-0.2, 0) is 14.8 Å². The summed E-state index contributed by atoms with van der Waals surface area (Å²) < 4.78 is 30.4. The highest BCUT2D eigenvalue weighted by Gasteiger charge is 2.17. The SMILES string of the molecule is COCCNS(=O)(=O)c1c[nH]c(C(=O)NN)c1. The van der Waals surface area contributed by atoms with Gasteiger partial charge in [0, 0.05) is 19.9 Å². The molecule has 0 aromatic carbocycles. The molecule has 5 N–H and O–H groups in total. The molecule has 96 valence electrons. The Morgan fingerprint density at radius 3 is 2.88 bits per heavy atom. The van der Waals surface area contributed by atoms with Crippen molar-refractivity contribution in [2.75, 3.05) is 20.3 Å². The fourth-order valence-electron chi connectivity index (χ4n) is 1.10. The third-order valence-corrected chi connectivity index (χ3v) is 3.38. The molecule has 0 atom stereocenters. The molecule has 0 bridgehead atoms. The molecule has 0 aliphatic rings. The highest BCUT2D eigenvalue weighted by molar-refractivity contribution is 7.89. The summed E-state index contributed by atoms with van der Waals surface area (Å²) in [6.07, 6.45) is 1.21. The van der Waals surface area contributed by atoms with Crippen LogP contribution in [0.25, 0.3) is 0 Å². The zero-order valence-corrected chi connectivity index (χ0v) is 10.0. The average molecular weight is 262 g/mol. The first-order valence-corrected chi connectivity index (χ1v) is 6.17. The Morgan fingerprint density at radius 2 is 2.29 bits per heavy atom. The number of hydrogen-bond donors (Lipinski definition) is 4.